The van der Waals surface area contributed by atoms with Gasteiger partial charge in [0.15, 0.2) is 0 Å². The molecule has 12 nitrogen and oxygen atoms in total. The van der Waals surface area contributed by atoms with Crippen LogP contribution < -0.4 is 21.3 Å². The highest BCUT2D eigenvalue weighted by molar-refractivity contribution is 8.76. The molecular formula is C32H38N4O8S4. The first kappa shape index (κ1) is 37.3. The summed E-state index contributed by atoms with van der Waals surface area (Å²) >= 11 is 0. The number of amides is 2. The van der Waals surface area contributed by atoms with Gasteiger partial charge in [0.05, 0.1) is 0 Å². The second-order valence-electron chi connectivity index (χ2n) is 10.7. The largest absolute Gasteiger partial charge is 0.383 e. The minimum Gasteiger partial charge on any atom is -0.383 e. The van der Waals surface area contributed by atoms with Gasteiger partial charge < -0.3 is 21.3 Å². The van der Waals surface area contributed by atoms with Crippen molar-refractivity contribution in [3.8, 4) is 0 Å². The van der Waals surface area contributed by atoms with Gasteiger partial charge in [-0.15, -0.1) is 0 Å². The van der Waals surface area contributed by atoms with E-state index in [9.17, 15) is 35.5 Å². The highest BCUT2D eigenvalue weighted by atomic mass is 33.1. The lowest BCUT2D eigenvalue weighted by Gasteiger charge is -2.12. The third-order valence-electron chi connectivity index (χ3n) is 7.19. The summed E-state index contributed by atoms with van der Waals surface area (Å²) in [6, 6.07) is 19.6. The van der Waals surface area contributed by atoms with Gasteiger partial charge in [-0.1, -0.05) is 70.1 Å². The van der Waals surface area contributed by atoms with E-state index in [4.69, 9.17) is 0 Å². The number of benzene rings is 4. The van der Waals surface area contributed by atoms with E-state index < -0.39 is 20.2 Å². The molecule has 0 saturated carbocycles. The Labute approximate surface area is 288 Å². The van der Waals surface area contributed by atoms with Gasteiger partial charge in [0.2, 0.25) is 11.8 Å². The molecule has 0 radical (unpaired) electrons. The SMILES string of the molecule is O=C(CCCSSCCCC(=O)NCCNc1cccc2c(S(=O)(=O)O)cccc12)NCCNc1cccc2c(S(=O)(=O)O)cccc12. The average molecular weight is 735 g/mol. The molecule has 0 aliphatic rings. The summed E-state index contributed by atoms with van der Waals surface area (Å²) in [7, 11) is -5.36. The molecule has 0 aliphatic carbocycles. The van der Waals surface area contributed by atoms with Crippen LogP contribution in [0.3, 0.4) is 0 Å². The minimum absolute atomic E-state index is 0.0524. The molecule has 4 aromatic carbocycles. The van der Waals surface area contributed by atoms with Crippen LogP contribution in [0.4, 0.5) is 11.4 Å². The van der Waals surface area contributed by atoms with Crippen molar-refractivity contribution in [3.05, 3.63) is 72.8 Å². The molecule has 0 bridgehead atoms. The summed E-state index contributed by atoms with van der Waals surface area (Å²) in [5, 5.41) is 14.3. The number of anilines is 2. The van der Waals surface area contributed by atoms with E-state index in [-0.39, 0.29) is 21.6 Å². The molecule has 0 aliphatic heterocycles. The van der Waals surface area contributed by atoms with Gasteiger partial charge in [-0.2, -0.15) is 16.8 Å². The zero-order valence-electron chi connectivity index (χ0n) is 26.0. The maximum absolute atomic E-state index is 12.2. The lowest BCUT2D eigenvalue weighted by molar-refractivity contribution is -0.121. The fourth-order valence-electron chi connectivity index (χ4n) is 5.00. The molecular weight excluding hydrogens is 697 g/mol. The third-order valence-corrected chi connectivity index (χ3v) is 11.6. The Morgan fingerprint density at radius 2 is 0.917 bits per heavy atom. The summed E-state index contributed by atoms with van der Waals surface area (Å²) in [4.78, 5) is 24.1. The summed E-state index contributed by atoms with van der Waals surface area (Å²) < 4.78 is 65.7. The molecule has 0 spiro atoms. The Kier molecular flexibility index (Phi) is 13.8. The maximum Gasteiger partial charge on any atom is 0.295 e. The van der Waals surface area contributed by atoms with Crippen LogP contribution in [0.25, 0.3) is 21.5 Å². The standard InChI is InChI=1S/C32H38N4O8S4/c37-31(35-19-17-33-27-11-1-9-25-23(27)7-3-13-29(25)47(39,40)41)15-5-21-45-46-22-6-16-32(38)36-20-18-34-28-12-2-10-26-24(28)8-4-14-30(26)48(42,43)44/h1-4,7-14,33-34H,5-6,15-22H2,(H,35,37)(H,36,38)(H,39,40,41)(H,42,43,44). The summed E-state index contributed by atoms with van der Waals surface area (Å²) in [5.41, 5.74) is 1.40. The number of rotatable bonds is 19. The number of carbonyl (C=O) groups excluding carboxylic acids is 2. The smallest absolute Gasteiger partial charge is 0.295 e. The molecule has 0 unspecified atom stereocenters. The molecule has 6 N–H and O–H groups in total. The van der Waals surface area contributed by atoms with Crippen molar-refractivity contribution in [2.45, 2.75) is 35.5 Å². The Bertz CT molecular complexity index is 1820. The Morgan fingerprint density at radius 1 is 0.542 bits per heavy atom. The van der Waals surface area contributed by atoms with Gasteiger partial charge in [-0.05, 0) is 37.1 Å². The van der Waals surface area contributed by atoms with Crippen LogP contribution in [0.5, 0.6) is 0 Å². The van der Waals surface area contributed by atoms with Crippen LogP contribution in [0, 0.1) is 0 Å². The number of fused-ring (bicyclic) bond motifs is 2. The van der Waals surface area contributed by atoms with E-state index in [1.807, 2.05) is 0 Å². The van der Waals surface area contributed by atoms with E-state index in [2.05, 4.69) is 21.3 Å². The normalized spacial score (nSPS) is 11.8. The van der Waals surface area contributed by atoms with Gasteiger partial charge in [-0.3, -0.25) is 18.7 Å². The Hall–Kier alpha value is -3.54. The highest BCUT2D eigenvalue weighted by Crippen LogP contribution is 2.30. The molecule has 0 saturated heterocycles. The van der Waals surface area contributed by atoms with Gasteiger partial charge in [-0.25, -0.2) is 0 Å². The fraction of sp³-hybridized carbons (Fsp3) is 0.312. The molecule has 0 atom stereocenters. The number of nitrogens with one attached hydrogen (secondary N) is 4. The van der Waals surface area contributed by atoms with Gasteiger partial charge in [0, 0.05) is 83.4 Å². The van der Waals surface area contributed by atoms with Crippen molar-refractivity contribution in [2.75, 3.05) is 48.3 Å². The molecule has 16 heteroatoms. The van der Waals surface area contributed by atoms with Crippen molar-refractivity contribution in [1.82, 2.24) is 10.6 Å². The van der Waals surface area contributed by atoms with Crippen molar-refractivity contribution in [2.24, 2.45) is 0 Å². The number of carbonyl (C=O) groups is 2. The van der Waals surface area contributed by atoms with E-state index in [0.717, 1.165) is 24.3 Å². The molecule has 258 valence electrons. The molecule has 0 fully saturated rings. The number of hydrogen-bond donors (Lipinski definition) is 6. The topological polar surface area (TPSA) is 191 Å². The van der Waals surface area contributed by atoms with Crippen LogP contribution >= 0.6 is 21.6 Å². The van der Waals surface area contributed by atoms with Gasteiger partial charge in [0.1, 0.15) is 9.79 Å². The van der Waals surface area contributed by atoms with E-state index in [1.54, 1.807) is 82.3 Å². The van der Waals surface area contributed by atoms with Crippen LogP contribution in [-0.2, 0) is 29.8 Å². The van der Waals surface area contributed by atoms with Crippen LogP contribution in [0.1, 0.15) is 25.7 Å². The molecule has 4 aromatic rings. The van der Waals surface area contributed by atoms with Crippen molar-refractivity contribution < 1.29 is 35.5 Å². The Balaban J connectivity index is 1.02. The molecule has 0 aromatic heterocycles. The lowest BCUT2D eigenvalue weighted by Crippen LogP contribution is -2.28. The second-order valence-corrected chi connectivity index (χ2v) is 16.2. The first-order valence-electron chi connectivity index (χ1n) is 15.2. The summed E-state index contributed by atoms with van der Waals surface area (Å²) in [6.45, 7) is 1.68. The summed E-state index contributed by atoms with van der Waals surface area (Å²) in [6.07, 6.45) is 2.24. The van der Waals surface area contributed by atoms with Gasteiger partial charge in [0.25, 0.3) is 20.2 Å². The summed E-state index contributed by atoms with van der Waals surface area (Å²) in [5.74, 6) is 1.51. The predicted molar refractivity (Wildman–Crippen MR) is 194 cm³/mol. The van der Waals surface area contributed by atoms with E-state index in [1.165, 1.54) is 12.1 Å². The average Bonchev–Trinajstić information content (AvgIpc) is 3.05. The van der Waals surface area contributed by atoms with E-state index in [0.29, 0.717) is 71.9 Å². The molecule has 48 heavy (non-hydrogen) atoms. The predicted octanol–water partition coefficient (Wildman–Crippen LogP) is 5.18. The van der Waals surface area contributed by atoms with Crippen LogP contribution in [0.2, 0.25) is 0 Å². The maximum atomic E-state index is 12.2. The third kappa shape index (κ3) is 11.0. The minimum atomic E-state index is -4.35. The lowest BCUT2D eigenvalue weighted by atomic mass is 10.1. The zero-order valence-corrected chi connectivity index (χ0v) is 29.2. The zero-order chi connectivity index (χ0) is 34.6. The monoisotopic (exact) mass is 734 g/mol. The van der Waals surface area contributed by atoms with Crippen molar-refractivity contribution >= 4 is 86.6 Å². The second kappa shape index (κ2) is 17.7. The molecule has 0 heterocycles. The van der Waals surface area contributed by atoms with Crippen molar-refractivity contribution in [1.29, 1.82) is 0 Å². The van der Waals surface area contributed by atoms with E-state index >= 15 is 0 Å². The number of hydrogen-bond acceptors (Lipinski definition) is 10. The first-order valence-corrected chi connectivity index (χ1v) is 20.6. The first-order chi connectivity index (χ1) is 22.9. The van der Waals surface area contributed by atoms with Gasteiger partial charge >= 0.3 is 0 Å². The Morgan fingerprint density at radius 3 is 1.31 bits per heavy atom. The van der Waals surface area contributed by atoms with Crippen LogP contribution in [0.15, 0.2) is 82.6 Å². The quantitative estimate of drug-likeness (QED) is 0.0421. The molecule has 2 amide bonds. The van der Waals surface area contributed by atoms with Crippen LogP contribution in [-0.4, -0.2) is 75.4 Å². The highest BCUT2D eigenvalue weighted by Gasteiger charge is 2.16. The van der Waals surface area contributed by atoms with Crippen molar-refractivity contribution in [3.63, 3.8) is 0 Å². The molecule has 4 rings (SSSR count). The fourth-order valence-corrected chi connectivity index (χ4v) is 8.58.